The zero-order valence-corrected chi connectivity index (χ0v) is 13.5. The minimum absolute atomic E-state index is 0.248. The Bertz CT molecular complexity index is 1000. The molecule has 0 unspecified atom stereocenters. The number of phenols is 1. The van der Waals surface area contributed by atoms with E-state index >= 15 is 0 Å². The van der Waals surface area contributed by atoms with Crippen LogP contribution in [0, 0.1) is 0 Å². The van der Waals surface area contributed by atoms with Gasteiger partial charge in [-0.05, 0) is 36.2 Å². The average Bonchev–Trinajstić information content (AvgIpc) is 3.01. The van der Waals surface area contributed by atoms with Crippen molar-refractivity contribution in [1.82, 2.24) is 9.55 Å². The van der Waals surface area contributed by atoms with Crippen LogP contribution in [0.5, 0.6) is 5.75 Å². The van der Waals surface area contributed by atoms with Crippen molar-refractivity contribution in [1.29, 1.82) is 0 Å². The highest BCUT2D eigenvalue weighted by Crippen LogP contribution is 2.29. The van der Waals surface area contributed by atoms with Crippen LogP contribution >= 0.6 is 0 Å². The van der Waals surface area contributed by atoms with Crippen molar-refractivity contribution in [3.8, 4) is 22.8 Å². The maximum atomic E-state index is 9.88. The van der Waals surface area contributed by atoms with Gasteiger partial charge in [-0.15, -0.1) is 0 Å². The van der Waals surface area contributed by atoms with Crippen molar-refractivity contribution in [2.75, 3.05) is 0 Å². The number of aryl methyl sites for hydroxylation is 1. The molecule has 3 nitrogen and oxygen atoms in total. The van der Waals surface area contributed by atoms with Crippen molar-refractivity contribution >= 4 is 11.0 Å². The molecule has 0 amide bonds. The van der Waals surface area contributed by atoms with Gasteiger partial charge in [0.1, 0.15) is 11.6 Å². The van der Waals surface area contributed by atoms with Crippen LogP contribution in [0.2, 0.25) is 0 Å². The molecule has 1 aromatic heterocycles. The number of hydrogen-bond acceptors (Lipinski definition) is 2. The SMILES string of the molecule is CCc1ccc(-c2nc3ccccc3n2-c2cccc(O)c2)cc1. The summed E-state index contributed by atoms with van der Waals surface area (Å²) in [7, 11) is 0. The molecule has 3 aromatic carbocycles. The van der Waals surface area contributed by atoms with E-state index in [9.17, 15) is 5.11 Å². The molecule has 3 heteroatoms. The van der Waals surface area contributed by atoms with Crippen molar-refractivity contribution in [3.63, 3.8) is 0 Å². The summed E-state index contributed by atoms with van der Waals surface area (Å²) in [6, 6.07) is 23.8. The lowest BCUT2D eigenvalue weighted by molar-refractivity contribution is 0.475. The summed E-state index contributed by atoms with van der Waals surface area (Å²) in [6.07, 6.45) is 1.02. The zero-order valence-electron chi connectivity index (χ0n) is 13.5. The molecule has 4 rings (SSSR count). The number of nitrogens with zero attached hydrogens (tertiary/aromatic N) is 2. The molecule has 0 saturated carbocycles. The largest absolute Gasteiger partial charge is 0.508 e. The van der Waals surface area contributed by atoms with Crippen LogP contribution < -0.4 is 0 Å². The highest BCUT2D eigenvalue weighted by Gasteiger charge is 2.14. The Morgan fingerprint density at radius 1 is 0.917 bits per heavy atom. The lowest BCUT2D eigenvalue weighted by Gasteiger charge is -2.10. The monoisotopic (exact) mass is 314 g/mol. The van der Waals surface area contributed by atoms with Crippen LogP contribution in [-0.4, -0.2) is 14.7 Å². The van der Waals surface area contributed by atoms with Crippen molar-refractivity contribution in [2.45, 2.75) is 13.3 Å². The van der Waals surface area contributed by atoms with Gasteiger partial charge in [0.15, 0.2) is 0 Å². The third-order valence-corrected chi connectivity index (χ3v) is 4.27. The Morgan fingerprint density at radius 3 is 2.46 bits per heavy atom. The van der Waals surface area contributed by atoms with Gasteiger partial charge in [-0.3, -0.25) is 4.57 Å². The predicted molar refractivity (Wildman–Crippen MR) is 97.5 cm³/mol. The molecule has 0 aliphatic rings. The van der Waals surface area contributed by atoms with Gasteiger partial charge < -0.3 is 5.11 Å². The lowest BCUT2D eigenvalue weighted by atomic mass is 10.1. The normalized spacial score (nSPS) is 11.0. The highest BCUT2D eigenvalue weighted by atomic mass is 16.3. The molecule has 0 spiro atoms. The van der Waals surface area contributed by atoms with Gasteiger partial charge in [0, 0.05) is 11.6 Å². The second-order valence-corrected chi connectivity index (χ2v) is 5.83. The fourth-order valence-corrected chi connectivity index (χ4v) is 3.00. The van der Waals surface area contributed by atoms with Gasteiger partial charge in [0.05, 0.1) is 16.7 Å². The Labute approximate surface area is 140 Å². The third-order valence-electron chi connectivity index (χ3n) is 4.27. The van der Waals surface area contributed by atoms with E-state index in [1.807, 2.05) is 30.3 Å². The molecule has 1 N–H and O–H groups in total. The maximum absolute atomic E-state index is 9.88. The molecule has 24 heavy (non-hydrogen) atoms. The number of hydrogen-bond donors (Lipinski definition) is 1. The summed E-state index contributed by atoms with van der Waals surface area (Å²) in [5, 5.41) is 9.88. The summed E-state index contributed by atoms with van der Waals surface area (Å²) < 4.78 is 2.09. The number of imidazole rings is 1. The molecule has 0 bridgehead atoms. The third kappa shape index (κ3) is 2.44. The number of para-hydroxylation sites is 2. The van der Waals surface area contributed by atoms with E-state index in [0.717, 1.165) is 34.5 Å². The van der Waals surface area contributed by atoms with Crippen LogP contribution in [0.4, 0.5) is 0 Å². The van der Waals surface area contributed by atoms with E-state index in [4.69, 9.17) is 4.98 Å². The second-order valence-electron chi connectivity index (χ2n) is 5.83. The van der Waals surface area contributed by atoms with Crippen LogP contribution in [-0.2, 0) is 6.42 Å². The summed E-state index contributed by atoms with van der Waals surface area (Å²) in [4.78, 5) is 4.83. The first-order valence-corrected chi connectivity index (χ1v) is 8.12. The average molecular weight is 314 g/mol. The topological polar surface area (TPSA) is 38.0 Å². The van der Waals surface area contributed by atoms with Crippen molar-refractivity contribution in [3.05, 3.63) is 78.4 Å². The number of fused-ring (bicyclic) bond motifs is 1. The van der Waals surface area contributed by atoms with Gasteiger partial charge in [0.25, 0.3) is 0 Å². The molecule has 4 aromatic rings. The summed E-state index contributed by atoms with van der Waals surface area (Å²) >= 11 is 0. The molecule has 0 aliphatic carbocycles. The van der Waals surface area contributed by atoms with Crippen LogP contribution in [0.25, 0.3) is 28.1 Å². The van der Waals surface area contributed by atoms with Crippen LogP contribution in [0.15, 0.2) is 72.8 Å². The molecule has 0 saturated heterocycles. The standard InChI is InChI=1S/C21H18N2O/c1-2-15-10-12-16(13-11-15)21-22-19-8-3-4-9-20(19)23(21)17-6-5-7-18(24)14-17/h3-14,24H,2H2,1H3. The van der Waals surface area contributed by atoms with E-state index in [0.29, 0.717) is 0 Å². The second kappa shape index (κ2) is 5.85. The molecule has 118 valence electrons. The fraction of sp³-hybridized carbons (Fsp3) is 0.0952. The molecular formula is C21H18N2O. The fourth-order valence-electron chi connectivity index (χ4n) is 3.00. The summed E-state index contributed by atoms with van der Waals surface area (Å²) in [5.41, 5.74) is 5.23. The first kappa shape index (κ1) is 14.5. The summed E-state index contributed by atoms with van der Waals surface area (Å²) in [6.45, 7) is 2.15. The van der Waals surface area contributed by atoms with E-state index in [1.165, 1.54) is 5.56 Å². The quantitative estimate of drug-likeness (QED) is 0.580. The smallest absolute Gasteiger partial charge is 0.145 e. The van der Waals surface area contributed by atoms with Crippen LogP contribution in [0.1, 0.15) is 12.5 Å². The van der Waals surface area contributed by atoms with Gasteiger partial charge in [-0.1, -0.05) is 49.4 Å². The molecule has 0 radical (unpaired) electrons. The molecule has 0 aliphatic heterocycles. The summed E-state index contributed by atoms with van der Waals surface area (Å²) in [5.74, 6) is 1.13. The van der Waals surface area contributed by atoms with E-state index < -0.39 is 0 Å². The van der Waals surface area contributed by atoms with Crippen molar-refractivity contribution < 1.29 is 5.11 Å². The minimum Gasteiger partial charge on any atom is -0.508 e. The number of aromatic hydroxyl groups is 1. The Hall–Kier alpha value is -3.07. The number of phenolic OH excluding ortho intramolecular Hbond substituents is 1. The number of rotatable bonds is 3. The molecule has 1 heterocycles. The number of benzene rings is 3. The van der Waals surface area contributed by atoms with E-state index in [2.05, 4.69) is 41.8 Å². The molecule has 0 atom stereocenters. The Kier molecular flexibility index (Phi) is 3.54. The predicted octanol–water partition coefficient (Wildman–Crippen LogP) is 4.96. The van der Waals surface area contributed by atoms with Gasteiger partial charge in [-0.2, -0.15) is 0 Å². The van der Waals surface area contributed by atoms with Gasteiger partial charge in [-0.25, -0.2) is 4.98 Å². The minimum atomic E-state index is 0.248. The first-order chi connectivity index (χ1) is 11.8. The molecule has 0 fully saturated rings. The Balaban J connectivity index is 1.99. The first-order valence-electron chi connectivity index (χ1n) is 8.12. The van der Waals surface area contributed by atoms with E-state index in [1.54, 1.807) is 12.1 Å². The van der Waals surface area contributed by atoms with E-state index in [-0.39, 0.29) is 5.75 Å². The highest BCUT2D eigenvalue weighted by molar-refractivity contribution is 5.83. The molecular weight excluding hydrogens is 296 g/mol. The lowest BCUT2D eigenvalue weighted by Crippen LogP contribution is -1.97. The zero-order chi connectivity index (χ0) is 16.5. The van der Waals surface area contributed by atoms with Crippen molar-refractivity contribution in [2.24, 2.45) is 0 Å². The van der Waals surface area contributed by atoms with Gasteiger partial charge in [0.2, 0.25) is 0 Å². The Morgan fingerprint density at radius 2 is 1.71 bits per heavy atom. The number of aromatic nitrogens is 2. The van der Waals surface area contributed by atoms with Crippen LogP contribution in [0.3, 0.4) is 0 Å². The maximum Gasteiger partial charge on any atom is 0.145 e. The van der Waals surface area contributed by atoms with Gasteiger partial charge >= 0.3 is 0 Å².